The molecule has 47 heavy (non-hydrogen) atoms. The Morgan fingerprint density at radius 3 is 1.17 bits per heavy atom. The van der Waals surface area contributed by atoms with Gasteiger partial charge in [0.05, 0.1) is 108 Å². The maximum atomic E-state index is 5.35. The Balaban J connectivity index is -0.000000599. The average molecular weight is 1010 g/mol. The van der Waals surface area contributed by atoms with Gasteiger partial charge in [-0.1, -0.05) is 33.6 Å². The zero-order chi connectivity index (χ0) is 32.7. The minimum Gasteiger partial charge on any atom is -1.00 e. The molecule has 3 saturated heterocycles. The number of morpholine rings is 2. The van der Waals surface area contributed by atoms with E-state index < -0.39 is 0 Å². The highest BCUT2D eigenvalue weighted by Gasteiger charge is 2.19. The smallest absolute Gasteiger partial charge is 0.0911 e. The standard InChI is InChI=1S/C13H29N2.C12H27N2O.C11H25N2O.3HI/c1-4-12-15(2,3)13-8-11-14-9-6-5-7-10-14;1-4-5-9-14(2,3)10-6-13-7-11-15-12-8-13;1-4-8-13(2,3)9-5-12-6-10-14-11-7-12;;;/h4-13H2,1-3H3;4-12H2,1-3H3;4-11H2,1-3H3;3*1H/q3*+1;;;/p-3. The Morgan fingerprint density at radius 1 is 0.404 bits per heavy atom. The number of rotatable bonds is 17. The quantitative estimate of drug-likeness (QED) is 0.108. The Hall–Kier alpha value is 1.87. The molecule has 0 amide bonds. The number of hydrogen-bond acceptors (Lipinski definition) is 5. The van der Waals surface area contributed by atoms with E-state index in [1.807, 2.05) is 0 Å². The van der Waals surface area contributed by atoms with Crippen molar-refractivity contribution >= 4 is 0 Å². The first-order valence-corrected chi connectivity index (χ1v) is 18.7. The summed E-state index contributed by atoms with van der Waals surface area (Å²) in [7, 11) is 14.1. The Bertz CT molecular complexity index is 673. The van der Waals surface area contributed by atoms with Gasteiger partial charge in [-0.3, -0.25) is 9.80 Å². The molecule has 0 spiro atoms. The van der Waals surface area contributed by atoms with E-state index in [2.05, 4.69) is 77.8 Å². The molecule has 0 aliphatic carbocycles. The van der Waals surface area contributed by atoms with Crippen LogP contribution in [0.5, 0.6) is 0 Å². The van der Waals surface area contributed by atoms with Crippen LogP contribution in [0.2, 0.25) is 0 Å². The fourth-order valence-corrected chi connectivity index (χ4v) is 6.51. The number of piperidine rings is 1. The summed E-state index contributed by atoms with van der Waals surface area (Å²) >= 11 is 0. The van der Waals surface area contributed by atoms with Crippen molar-refractivity contribution in [3.8, 4) is 0 Å². The minimum atomic E-state index is 0. The molecule has 0 aromatic carbocycles. The van der Waals surface area contributed by atoms with Crippen molar-refractivity contribution in [2.24, 2.45) is 0 Å². The summed E-state index contributed by atoms with van der Waals surface area (Å²) in [5.41, 5.74) is 0. The highest BCUT2D eigenvalue weighted by molar-refractivity contribution is 4.64. The van der Waals surface area contributed by atoms with Gasteiger partial charge in [0.15, 0.2) is 0 Å². The zero-order valence-electron chi connectivity index (χ0n) is 32.7. The lowest BCUT2D eigenvalue weighted by Crippen LogP contribution is -3.00. The predicted molar refractivity (Wildman–Crippen MR) is 190 cm³/mol. The lowest BCUT2D eigenvalue weighted by Gasteiger charge is -2.34. The SMILES string of the molecule is CCCC[N+](C)(C)CCN1CCOCC1.CCC[N+](C)(C)CCCN1CCCCC1.CCC[N+](C)(C)CCN1CCOCC1.[I-].[I-].[I-]. The molecule has 0 atom stereocenters. The summed E-state index contributed by atoms with van der Waals surface area (Å²) < 4.78 is 14.2. The first kappa shape index (κ1) is 53.2. The zero-order valence-corrected chi connectivity index (χ0v) is 39.2. The van der Waals surface area contributed by atoms with Gasteiger partial charge < -0.3 is 99.8 Å². The summed E-state index contributed by atoms with van der Waals surface area (Å²) in [6.07, 6.45) is 10.9. The monoisotopic (exact) mass is 1010 g/mol. The minimum absolute atomic E-state index is 0. The van der Waals surface area contributed by atoms with E-state index in [1.54, 1.807) is 0 Å². The normalized spacial score (nSPS) is 18.3. The van der Waals surface area contributed by atoms with Crippen LogP contribution in [0.25, 0.3) is 0 Å². The van der Waals surface area contributed by atoms with E-state index >= 15 is 0 Å². The maximum Gasteiger partial charge on any atom is 0.0911 e. The molecule has 3 aliphatic heterocycles. The molecule has 0 aromatic heterocycles. The van der Waals surface area contributed by atoms with Gasteiger partial charge in [-0.05, 0) is 45.2 Å². The highest BCUT2D eigenvalue weighted by atomic mass is 127. The molecule has 288 valence electrons. The van der Waals surface area contributed by atoms with Gasteiger partial charge in [-0.2, -0.15) is 0 Å². The molecule has 11 heteroatoms. The molecular formula is C36H81I3N6O2. The van der Waals surface area contributed by atoms with E-state index in [-0.39, 0.29) is 71.9 Å². The molecule has 3 rings (SSSR count). The number of quaternary nitrogens is 3. The van der Waals surface area contributed by atoms with Crippen molar-refractivity contribution < 1.29 is 94.9 Å². The van der Waals surface area contributed by atoms with Gasteiger partial charge in [0, 0.05) is 52.2 Å². The molecular weight excluding hydrogens is 929 g/mol. The Labute approximate surface area is 345 Å². The molecule has 0 N–H and O–H groups in total. The number of ether oxygens (including phenoxy) is 2. The molecule has 0 unspecified atom stereocenters. The Morgan fingerprint density at radius 2 is 0.766 bits per heavy atom. The van der Waals surface area contributed by atoms with E-state index in [1.165, 1.54) is 128 Å². The van der Waals surface area contributed by atoms with Gasteiger partial charge in [-0.25, -0.2) is 0 Å². The summed E-state index contributed by atoms with van der Waals surface area (Å²) in [5.74, 6) is 0. The second-order valence-electron chi connectivity index (χ2n) is 15.7. The van der Waals surface area contributed by atoms with Gasteiger partial charge in [0.25, 0.3) is 0 Å². The lowest BCUT2D eigenvalue weighted by atomic mass is 10.1. The van der Waals surface area contributed by atoms with Gasteiger partial charge in [0.2, 0.25) is 0 Å². The van der Waals surface area contributed by atoms with E-state index in [9.17, 15) is 0 Å². The van der Waals surface area contributed by atoms with Crippen LogP contribution in [0.3, 0.4) is 0 Å². The van der Waals surface area contributed by atoms with E-state index in [4.69, 9.17) is 9.47 Å². The van der Waals surface area contributed by atoms with Gasteiger partial charge in [-0.15, -0.1) is 0 Å². The van der Waals surface area contributed by atoms with Crippen molar-refractivity contribution in [2.45, 2.75) is 72.1 Å². The van der Waals surface area contributed by atoms with Crippen LogP contribution in [0.4, 0.5) is 0 Å². The molecule has 8 nitrogen and oxygen atoms in total. The van der Waals surface area contributed by atoms with Crippen LogP contribution in [0, 0.1) is 0 Å². The third-order valence-corrected chi connectivity index (χ3v) is 9.71. The van der Waals surface area contributed by atoms with Crippen LogP contribution in [-0.4, -0.2) is 195 Å². The maximum absolute atomic E-state index is 5.35. The van der Waals surface area contributed by atoms with E-state index in [0.717, 1.165) is 61.6 Å². The molecule has 0 aromatic rings. The molecule has 3 fully saturated rings. The third-order valence-electron chi connectivity index (χ3n) is 9.71. The number of nitrogens with zero attached hydrogens (tertiary/aromatic N) is 6. The average Bonchev–Trinajstić information content (AvgIpc) is 3.00. The molecule has 3 heterocycles. The number of unbranched alkanes of at least 4 members (excludes halogenated alkanes) is 1. The Kier molecular flexibility index (Phi) is 35.6. The molecule has 0 saturated carbocycles. The number of hydrogen-bond donors (Lipinski definition) is 0. The predicted octanol–water partition coefficient (Wildman–Crippen LogP) is -4.64. The highest BCUT2D eigenvalue weighted by Crippen LogP contribution is 2.10. The molecule has 0 bridgehead atoms. The largest absolute Gasteiger partial charge is 1.00 e. The van der Waals surface area contributed by atoms with Crippen LogP contribution < -0.4 is 71.9 Å². The second kappa shape index (κ2) is 31.4. The first-order chi connectivity index (χ1) is 20.9. The summed E-state index contributed by atoms with van der Waals surface area (Å²) in [5, 5.41) is 0. The number of halogens is 3. The van der Waals surface area contributed by atoms with E-state index in [0.29, 0.717) is 0 Å². The van der Waals surface area contributed by atoms with Crippen molar-refractivity contribution in [1.29, 1.82) is 0 Å². The van der Waals surface area contributed by atoms with Crippen molar-refractivity contribution in [3.63, 3.8) is 0 Å². The van der Waals surface area contributed by atoms with Gasteiger partial charge in [0.1, 0.15) is 0 Å². The third kappa shape index (κ3) is 30.1. The van der Waals surface area contributed by atoms with Crippen LogP contribution in [0.1, 0.15) is 72.1 Å². The number of likely N-dealkylation sites (tertiary alicyclic amines) is 1. The van der Waals surface area contributed by atoms with Crippen molar-refractivity contribution in [2.75, 3.05) is 167 Å². The van der Waals surface area contributed by atoms with Gasteiger partial charge >= 0.3 is 0 Å². The summed E-state index contributed by atoms with van der Waals surface area (Å²) in [6.45, 7) is 29.2. The molecule has 3 aliphatic rings. The fraction of sp³-hybridized carbons (Fsp3) is 1.00. The van der Waals surface area contributed by atoms with Crippen molar-refractivity contribution in [3.05, 3.63) is 0 Å². The number of likely N-dealkylation sites (N-methyl/N-ethyl adjacent to an activating group) is 2. The van der Waals surface area contributed by atoms with Crippen LogP contribution >= 0.6 is 0 Å². The second-order valence-corrected chi connectivity index (χ2v) is 15.7. The van der Waals surface area contributed by atoms with Crippen molar-refractivity contribution in [1.82, 2.24) is 14.7 Å². The first-order valence-electron chi connectivity index (χ1n) is 18.7. The van der Waals surface area contributed by atoms with Crippen LogP contribution in [-0.2, 0) is 9.47 Å². The summed E-state index contributed by atoms with van der Waals surface area (Å²) in [6, 6.07) is 0. The van der Waals surface area contributed by atoms with Crippen LogP contribution in [0.15, 0.2) is 0 Å². The fourth-order valence-electron chi connectivity index (χ4n) is 6.51. The lowest BCUT2D eigenvalue weighted by molar-refractivity contribution is -0.890. The summed E-state index contributed by atoms with van der Waals surface area (Å²) in [4.78, 5) is 7.68. The topological polar surface area (TPSA) is 28.2 Å². The molecule has 0 radical (unpaired) electrons.